The first-order chi connectivity index (χ1) is 7.54. The summed E-state index contributed by atoms with van der Waals surface area (Å²) in [6.45, 7) is 3.78. The molecule has 0 aliphatic carbocycles. The fourth-order valence-electron chi connectivity index (χ4n) is 1.22. The van der Waals surface area contributed by atoms with Crippen LogP contribution in [0.25, 0.3) is 0 Å². The van der Waals surface area contributed by atoms with E-state index in [4.69, 9.17) is 16.3 Å². The van der Waals surface area contributed by atoms with Gasteiger partial charge in [0.15, 0.2) is 5.78 Å². The predicted octanol–water partition coefficient (Wildman–Crippen LogP) is 2.90. The average Bonchev–Trinajstić information content (AvgIpc) is 2.20. The van der Waals surface area contributed by atoms with Crippen LogP contribution in [0.1, 0.15) is 30.6 Å². The van der Waals surface area contributed by atoms with Crippen molar-refractivity contribution in [2.75, 3.05) is 0 Å². The molecule has 0 heterocycles. The van der Waals surface area contributed by atoms with E-state index >= 15 is 0 Å². The summed E-state index contributed by atoms with van der Waals surface area (Å²) in [5.41, 5.74) is 0.424. The molecule has 0 radical (unpaired) electrons. The molecule has 0 aromatic heterocycles. The summed E-state index contributed by atoms with van der Waals surface area (Å²) in [5, 5.41) is 0.380. The smallest absolute Gasteiger partial charge is 0.169 e. The van der Waals surface area contributed by atoms with Gasteiger partial charge in [-0.3, -0.25) is 4.79 Å². The molecule has 86 valence electrons. The molecule has 0 unspecified atom stereocenters. The Labute approximate surface area is 99.4 Å². The second-order valence-electron chi connectivity index (χ2n) is 3.61. The second-order valence-corrected chi connectivity index (χ2v) is 4.01. The Morgan fingerprint density at radius 1 is 1.50 bits per heavy atom. The maximum atomic E-state index is 11.4. The monoisotopic (exact) mass is 240 g/mol. The number of ether oxygens (including phenoxy) is 1. The van der Waals surface area contributed by atoms with Crippen LogP contribution in [-0.2, 0) is 4.79 Å². The molecule has 0 aliphatic rings. The normalized spacial score (nSPS) is 10.2. The third kappa shape index (κ3) is 3.35. The molecule has 0 saturated carbocycles. The third-order valence-corrected chi connectivity index (χ3v) is 2.18. The van der Waals surface area contributed by atoms with Crippen LogP contribution in [0.5, 0.6) is 5.75 Å². The number of carbonyl (C=O) groups is 2. The summed E-state index contributed by atoms with van der Waals surface area (Å²) in [4.78, 5) is 21.6. The Bertz CT molecular complexity index is 399. The summed E-state index contributed by atoms with van der Waals surface area (Å²) in [6, 6.07) is 4.76. The van der Waals surface area contributed by atoms with Crippen LogP contribution in [-0.4, -0.2) is 18.2 Å². The minimum Gasteiger partial charge on any atom is -0.489 e. The first-order valence-corrected chi connectivity index (χ1v) is 5.35. The van der Waals surface area contributed by atoms with E-state index in [9.17, 15) is 9.59 Å². The first kappa shape index (κ1) is 12.7. The van der Waals surface area contributed by atoms with Crippen LogP contribution in [0.4, 0.5) is 0 Å². The molecule has 16 heavy (non-hydrogen) atoms. The zero-order valence-corrected chi connectivity index (χ0v) is 9.95. The summed E-state index contributed by atoms with van der Waals surface area (Å²) < 4.78 is 5.43. The second kappa shape index (κ2) is 5.66. The first-order valence-electron chi connectivity index (χ1n) is 4.97. The van der Waals surface area contributed by atoms with Gasteiger partial charge in [0.25, 0.3) is 0 Å². The largest absolute Gasteiger partial charge is 0.489 e. The number of aldehydes is 1. The molecule has 1 rings (SSSR count). The van der Waals surface area contributed by atoms with Gasteiger partial charge < -0.3 is 9.53 Å². The Kier molecular flexibility index (Phi) is 4.50. The Morgan fingerprint density at radius 3 is 2.69 bits per heavy atom. The van der Waals surface area contributed by atoms with E-state index < -0.39 is 0 Å². The van der Waals surface area contributed by atoms with E-state index in [0.29, 0.717) is 22.6 Å². The van der Waals surface area contributed by atoms with Gasteiger partial charge >= 0.3 is 0 Å². The summed E-state index contributed by atoms with van der Waals surface area (Å²) in [7, 11) is 0. The highest BCUT2D eigenvalue weighted by Crippen LogP contribution is 2.26. The van der Waals surface area contributed by atoms with Crippen molar-refractivity contribution in [1.29, 1.82) is 0 Å². The molecule has 0 spiro atoms. The molecule has 1 aromatic carbocycles. The number of ketones is 1. The number of hydrogen-bond donors (Lipinski definition) is 0. The van der Waals surface area contributed by atoms with E-state index in [0.717, 1.165) is 0 Å². The molecule has 0 bridgehead atoms. The SMILES string of the molecule is CC(C)Oc1ccc(C(=O)CC=O)cc1Cl. The lowest BCUT2D eigenvalue weighted by molar-refractivity contribution is -0.107. The molecular weight excluding hydrogens is 228 g/mol. The van der Waals surface area contributed by atoms with Crippen LogP contribution in [0.3, 0.4) is 0 Å². The zero-order valence-electron chi connectivity index (χ0n) is 9.20. The van der Waals surface area contributed by atoms with Gasteiger partial charge in [-0.15, -0.1) is 0 Å². The van der Waals surface area contributed by atoms with Crippen LogP contribution in [0, 0.1) is 0 Å². The molecule has 3 nitrogen and oxygen atoms in total. The minimum atomic E-state index is -0.243. The highest BCUT2D eigenvalue weighted by atomic mass is 35.5. The van der Waals surface area contributed by atoms with Gasteiger partial charge in [0.1, 0.15) is 12.0 Å². The summed E-state index contributed by atoms with van der Waals surface area (Å²) in [5.74, 6) is 0.298. The predicted molar refractivity (Wildman–Crippen MR) is 62.2 cm³/mol. The molecule has 0 saturated heterocycles. The quantitative estimate of drug-likeness (QED) is 0.452. The van der Waals surface area contributed by atoms with Gasteiger partial charge in [-0.25, -0.2) is 0 Å². The fraction of sp³-hybridized carbons (Fsp3) is 0.333. The lowest BCUT2D eigenvalue weighted by Gasteiger charge is -2.11. The van der Waals surface area contributed by atoms with E-state index in [1.165, 1.54) is 6.07 Å². The molecule has 0 atom stereocenters. The van der Waals surface area contributed by atoms with Gasteiger partial charge in [-0.05, 0) is 32.0 Å². The van der Waals surface area contributed by atoms with Gasteiger partial charge in [-0.1, -0.05) is 11.6 Å². The molecule has 0 amide bonds. The van der Waals surface area contributed by atoms with Crippen molar-refractivity contribution in [2.24, 2.45) is 0 Å². The van der Waals surface area contributed by atoms with E-state index in [1.807, 2.05) is 13.8 Å². The van der Waals surface area contributed by atoms with Crippen molar-refractivity contribution in [1.82, 2.24) is 0 Å². The highest BCUT2D eigenvalue weighted by molar-refractivity contribution is 6.32. The molecular formula is C12H13ClO3. The van der Waals surface area contributed by atoms with Gasteiger partial charge in [-0.2, -0.15) is 0 Å². The number of carbonyl (C=O) groups excluding carboxylic acids is 2. The van der Waals surface area contributed by atoms with Crippen LogP contribution < -0.4 is 4.74 Å². The molecule has 1 aromatic rings. The lowest BCUT2D eigenvalue weighted by Crippen LogP contribution is -2.06. The third-order valence-electron chi connectivity index (χ3n) is 1.89. The van der Waals surface area contributed by atoms with Crippen molar-refractivity contribution >= 4 is 23.7 Å². The van der Waals surface area contributed by atoms with Crippen molar-refractivity contribution in [3.63, 3.8) is 0 Å². The number of Topliss-reactive ketones (excluding diaryl/α,β-unsaturated/α-hetero) is 1. The Balaban J connectivity index is 2.90. The van der Waals surface area contributed by atoms with Crippen molar-refractivity contribution in [3.8, 4) is 5.75 Å². The zero-order chi connectivity index (χ0) is 12.1. The number of benzene rings is 1. The van der Waals surface area contributed by atoms with Gasteiger partial charge in [0.05, 0.1) is 17.5 Å². The van der Waals surface area contributed by atoms with Crippen molar-refractivity contribution < 1.29 is 14.3 Å². The standard InChI is InChI=1S/C12H13ClO3/c1-8(2)16-12-4-3-9(7-10(12)13)11(15)5-6-14/h3-4,6-8H,5H2,1-2H3. The van der Waals surface area contributed by atoms with Crippen molar-refractivity contribution in [2.45, 2.75) is 26.4 Å². The van der Waals surface area contributed by atoms with Crippen LogP contribution in [0.15, 0.2) is 18.2 Å². The maximum Gasteiger partial charge on any atom is 0.169 e. The molecule has 0 aliphatic heterocycles. The van der Waals surface area contributed by atoms with E-state index in [2.05, 4.69) is 0 Å². The maximum absolute atomic E-state index is 11.4. The minimum absolute atomic E-state index is 0.0222. The lowest BCUT2D eigenvalue weighted by atomic mass is 10.1. The number of hydrogen-bond acceptors (Lipinski definition) is 3. The van der Waals surface area contributed by atoms with Gasteiger partial charge in [0, 0.05) is 5.56 Å². The van der Waals surface area contributed by atoms with Crippen molar-refractivity contribution in [3.05, 3.63) is 28.8 Å². The average molecular weight is 241 g/mol. The van der Waals surface area contributed by atoms with E-state index in [-0.39, 0.29) is 18.3 Å². The molecule has 0 fully saturated rings. The number of halogens is 1. The molecule has 0 N–H and O–H groups in total. The Hall–Kier alpha value is -1.35. The highest BCUT2D eigenvalue weighted by Gasteiger charge is 2.09. The summed E-state index contributed by atoms with van der Waals surface area (Å²) >= 11 is 5.95. The van der Waals surface area contributed by atoms with Crippen LogP contribution >= 0.6 is 11.6 Å². The van der Waals surface area contributed by atoms with Gasteiger partial charge in [0.2, 0.25) is 0 Å². The molecule has 4 heteroatoms. The summed E-state index contributed by atoms with van der Waals surface area (Å²) in [6.07, 6.45) is 0.476. The van der Waals surface area contributed by atoms with Crippen LogP contribution in [0.2, 0.25) is 5.02 Å². The number of rotatable bonds is 5. The topological polar surface area (TPSA) is 43.4 Å². The van der Waals surface area contributed by atoms with E-state index in [1.54, 1.807) is 12.1 Å². The fourth-order valence-corrected chi connectivity index (χ4v) is 1.44. The Morgan fingerprint density at radius 2 is 2.19 bits per heavy atom.